The lowest BCUT2D eigenvalue weighted by atomic mass is 9.96. The number of nitrogens with one attached hydrogen (secondary N) is 6. The molecule has 0 aliphatic carbocycles. The summed E-state index contributed by atoms with van der Waals surface area (Å²) in [5.74, 6) is -9.64. The maximum atomic E-state index is 14.6. The van der Waals surface area contributed by atoms with Crippen LogP contribution in [0.5, 0.6) is 5.75 Å². The van der Waals surface area contributed by atoms with Gasteiger partial charge in [-0.3, -0.25) is 48.3 Å². The van der Waals surface area contributed by atoms with E-state index in [9.17, 15) is 58.5 Å². The number of hydrogen-bond donors (Lipinski definition) is 12. The number of rotatable bonds is 29. The monoisotopic (exact) mass is 1060 g/mol. The number of aromatic hydroxyl groups is 1. The van der Waals surface area contributed by atoms with Crippen LogP contribution in [0.3, 0.4) is 0 Å². The molecular formula is C52H72N12O12. The number of nitrogens with zero attached hydrogens (tertiary/aromatic N) is 3. The molecule has 1 saturated heterocycles. The standard InChI is InChI=1S/C52H72N12O12/c1-5-30(4)43(49(73)60-38(27-33-15-9-10-22-56-33)50(74)64-24-12-17-40(64)47(71)61-39(51(75)76)26-31-13-7-6-8-14-31)63-46(70)37(25-32-18-20-34(65)21-19-32)59-48(72)42(29(2)3)62-45(69)36(16-11-23-57-52(54)55)58-44(68)35(53)28-41(66)67/h6-10,13-15,18-22,29-30,35-40,42-43,65H,5,11-12,16-17,23-28,53H2,1-4H3,(H,58,68)(H,59,72)(H,60,73)(H,61,71)(H,62,69)(H,63,70)(H,66,67)(H,75,76)(H4,54,55,57)/t30-,35-,36-,37-,38+,39-,40-,42-,43-/m0/s1. The second kappa shape index (κ2) is 29.7. The second-order valence-electron chi connectivity index (χ2n) is 19.1. The lowest BCUT2D eigenvalue weighted by molar-refractivity contribution is -0.145. The Bertz CT molecular complexity index is 2500. The minimum atomic E-state index is -1.51. The number of phenolic OH excluding ortho intramolecular Hbond substituents is 1. The van der Waals surface area contributed by atoms with Crippen molar-refractivity contribution in [2.45, 2.75) is 134 Å². The summed E-state index contributed by atoms with van der Waals surface area (Å²) in [5, 5.41) is 45.2. The van der Waals surface area contributed by atoms with Gasteiger partial charge >= 0.3 is 11.9 Å². The Hall–Kier alpha value is -8.15. The molecule has 0 saturated carbocycles. The molecule has 0 spiro atoms. The lowest BCUT2D eigenvalue weighted by Crippen LogP contribution is -2.62. The number of carbonyl (C=O) groups is 9. The van der Waals surface area contributed by atoms with E-state index in [0.717, 1.165) is 0 Å². The smallest absolute Gasteiger partial charge is 0.326 e. The Morgan fingerprint density at radius 3 is 1.89 bits per heavy atom. The van der Waals surface area contributed by atoms with Crippen LogP contribution in [0, 0.1) is 11.8 Å². The van der Waals surface area contributed by atoms with Crippen LogP contribution in [-0.2, 0) is 62.4 Å². The second-order valence-corrected chi connectivity index (χ2v) is 19.1. The Morgan fingerprint density at radius 1 is 0.697 bits per heavy atom. The molecule has 0 bridgehead atoms. The Kier molecular flexibility index (Phi) is 23.6. The van der Waals surface area contributed by atoms with Crippen molar-refractivity contribution in [1.82, 2.24) is 41.8 Å². The van der Waals surface area contributed by atoms with E-state index in [0.29, 0.717) is 29.7 Å². The number of carboxylic acid groups (broad SMARTS) is 2. The van der Waals surface area contributed by atoms with Gasteiger partial charge in [0.2, 0.25) is 41.4 Å². The predicted octanol–water partition coefficient (Wildman–Crippen LogP) is -0.643. The van der Waals surface area contributed by atoms with Crippen LogP contribution in [0.25, 0.3) is 0 Å². The van der Waals surface area contributed by atoms with Crippen molar-refractivity contribution in [3.8, 4) is 5.75 Å². The molecule has 7 amide bonds. The number of amides is 7. The zero-order valence-corrected chi connectivity index (χ0v) is 43.1. The first-order chi connectivity index (χ1) is 36.1. The van der Waals surface area contributed by atoms with Gasteiger partial charge in [-0.05, 0) is 72.9 Å². The largest absolute Gasteiger partial charge is 0.508 e. The highest BCUT2D eigenvalue weighted by molar-refractivity contribution is 5.98. The maximum Gasteiger partial charge on any atom is 0.326 e. The number of aliphatic imine (C=N–C) groups is 1. The number of carboxylic acids is 2. The van der Waals surface area contributed by atoms with E-state index >= 15 is 0 Å². The summed E-state index contributed by atoms with van der Waals surface area (Å²) in [6, 6.07) is 8.98. The van der Waals surface area contributed by atoms with Crippen molar-refractivity contribution >= 4 is 59.2 Å². The van der Waals surface area contributed by atoms with E-state index in [-0.39, 0.29) is 63.3 Å². The van der Waals surface area contributed by atoms with Crippen molar-refractivity contribution in [3.63, 3.8) is 0 Å². The minimum absolute atomic E-state index is 0.00225. The van der Waals surface area contributed by atoms with Gasteiger partial charge in [0.05, 0.1) is 12.5 Å². The number of aromatic nitrogens is 1. The van der Waals surface area contributed by atoms with Gasteiger partial charge in [0.25, 0.3) is 0 Å². The number of carbonyl (C=O) groups excluding carboxylic acids is 7. The number of pyridine rings is 1. The zero-order valence-electron chi connectivity index (χ0n) is 43.1. The normalized spacial score (nSPS) is 16.2. The number of guanidine groups is 1. The average molecular weight is 1060 g/mol. The van der Waals surface area contributed by atoms with Crippen LogP contribution in [0.15, 0.2) is 84.0 Å². The third kappa shape index (κ3) is 19.0. The highest BCUT2D eigenvalue weighted by Crippen LogP contribution is 2.21. The summed E-state index contributed by atoms with van der Waals surface area (Å²) in [4.78, 5) is 132. The molecule has 24 nitrogen and oxygen atoms in total. The molecule has 1 aliphatic heterocycles. The maximum absolute atomic E-state index is 14.6. The molecule has 24 heteroatoms. The van der Waals surface area contributed by atoms with Crippen LogP contribution < -0.4 is 49.1 Å². The van der Waals surface area contributed by atoms with Crippen molar-refractivity contribution in [3.05, 3.63) is 95.8 Å². The Morgan fingerprint density at radius 2 is 1.29 bits per heavy atom. The third-order valence-electron chi connectivity index (χ3n) is 12.8. The van der Waals surface area contributed by atoms with Gasteiger partial charge in [-0.25, -0.2) is 4.79 Å². The van der Waals surface area contributed by atoms with E-state index < -0.39 is 120 Å². The van der Waals surface area contributed by atoms with E-state index in [2.05, 4.69) is 41.9 Å². The topological polar surface area (TPSA) is 393 Å². The molecule has 0 radical (unpaired) electrons. The van der Waals surface area contributed by atoms with Gasteiger partial charge in [0, 0.05) is 44.2 Å². The molecule has 1 aliphatic rings. The van der Waals surface area contributed by atoms with E-state index in [1.807, 2.05) is 0 Å². The number of phenols is 1. The van der Waals surface area contributed by atoms with Crippen LogP contribution in [0.4, 0.5) is 0 Å². The zero-order chi connectivity index (χ0) is 56.1. The Labute approximate surface area is 440 Å². The molecule has 15 N–H and O–H groups in total. The van der Waals surface area contributed by atoms with E-state index in [1.54, 1.807) is 76.2 Å². The third-order valence-corrected chi connectivity index (χ3v) is 12.8. The number of likely N-dealkylation sites (tertiary alicyclic amines) is 1. The quantitative estimate of drug-likeness (QED) is 0.0234. The Balaban J connectivity index is 1.61. The summed E-state index contributed by atoms with van der Waals surface area (Å²) in [6.07, 6.45) is 1.57. The number of benzene rings is 2. The molecular weight excluding hydrogens is 985 g/mol. The van der Waals surface area contributed by atoms with Crippen LogP contribution in [0.2, 0.25) is 0 Å². The summed E-state index contributed by atoms with van der Waals surface area (Å²) >= 11 is 0. The van der Waals surface area contributed by atoms with Gasteiger partial charge in [0.1, 0.15) is 48.0 Å². The first-order valence-corrected chi connectivity index (χ1v) is 25.2. The number of aliphatic carboxylic acids is 2. The van der Waals surface area contributed by atoms with Crippen molar-refractivity contribution in [1.29, 1.82) is 0 Å². The van der Waals surface area contributed by atoms with Crippen molar-refractivity contribution in [2.75, 3.05) is 13.1 Å². The summed E-state index contributed by atoms with van der Waals surface area (Å²) in [5.41, 5.74) is 18.2. The fourth-order valence-electron chi connectivity index (χ4n) is 8.43. The molecule has 3 aromatic rings. The predicted molar refractivity (Wildman–Crippen MR) is 278 cm³/mol. The molecule has 2 aromatic carbocycles. The molecule has 9 atom stereocenters. The minimum Gasteiger partial charge on any atom is -0.508 e. The van der Waals surface area contributed by atoms with Crippen LogP contribution >= 0.6 is 0 Å². The SMILES string of the molecule is CC[C@H](C)[C@H](NC(=O)[C@H](Cc1ccc(O)cc1)NC(=O)[C@@H](NC(=O)[C@H](CCCN=C(N)N)NC(=O)[C@@H](N)CC(=O)O)C(C)C)C(=O)N[C@H](Cc1ccccn1)C(=O)N1CCC[C@H]1C(=O)N[C@@H](Cc1ccccc1)C(=O)O. The fraction of sp³-hybridized carbons (Fsp3) is 0.481. The molecule has 1 fully saturated rings. The highest BCUT2D eigenvalue weighted by Gasteiger charge is 2.41. The first kappa shape index (κ1) is 60.4. The van der Waals surface area contributed by atoms with Crippen molar-refractivity contribution < 1.29 is 58.5 Å². The van der Waals surface area contributed by atoms with E-state index in [4.69, 9.17) is 17.2 Å². The molecule has 2 heterocycles. The van der Waals surface area contributed by atoms with Gasteiger partial charge < -0.3 is 69.3 Å². The summed E-state index contributed by atoms with van der Waals surface area (Å²) < 4.78 is 0. The summed E-state index contributed by atoms with van der Waals surface area (Å²) in [7, 11) is 0. The number of hydrogen-bond acceptors (Lipinski definition) is 13. The van der Waals surface area contributed by atoms with Gasteiger partial charge in [0.15, 0.2) is 5.96 Å². The van der Waals surface area contributed by atoms with Gasteiger partial charge in [-0.1, -0.05) is 82.6 Å². The molecule has 76 heavy (non-hydrogen) atoms. The van der Waals surface area contributed by atoms with Gasteiger partial charge in [-0.2, -0.15) is 0 Å². The molecule has 4 rings (SSSR count). The van der Waals surface area contributed by atoms with Crippen molar-refractivity contribution in [2.24, 2.45) is 34.0 Å². The fourth-order valence-corrected chi connectivity index (χ4v) is 8.43. The lowest BCUT2D eigenvalue weighted by Gasteiger charge is -2.32. The van der Waals surface area contributed by atoms with Crippen LogP contribution in [-0.4, -0.2) is 146 Å². The molecule has 0 unspecified atom stereocenters. The first-order valence-electron chi connectivity index (χ1n) is 25.2. The molecule has 412 valence electrons. The molecule has 1 aromatic heterocycles. The summed E-state index contributed by atoms with van der Waals surface area (Å²) in [6.45, 7) is 6.91. The number of nitrogens with two attached hydrogens (primary N) is 3. The van der Waals surface area contributed by atoms with Crippen LogP contribution in [0.1, 0.15) is 83.0 Å². The average Bonchev–Trinajstić information content (AvgIpc) is 3.88. The van der Waals surface area contributed by atoms with Gasteiger partial charge in [-0.15, -0.1) is 0 Å². The van der Waals surface area contributed by atoms with E-state index in [1.165, 1.54) is 35.4 Å². The highest BCUT2D eigenvalue weighted by atomic mass is 16.4.